The summed E-state index contributed by atoms with van der Waals surface area (Å²) in [7, 11) is 0. The maximum Gasteiger partial charge on any atom is 0.410 e. The molecule has 0 aromatic rings. The van der Waals surface area contributed by atoms with Gasteiger partial charge in [0.25, 0.3) is 0 Å². The SMILES string of the molecule is CCOC(=O)N1CCCC2C(=O)NCC21. The molecule has 0 spiro atoms. The van der Waals surface area contributed by atoms with Crippen LogP contribution in [0, 0.1) is 5.92 Å². The Morgan fingerprint density at radius 2 is 2.47 bits per heavy atom. The van der Waals surface area contributed by atoms with Gasteiger partial charge in [-0.25, -0.2) is 4.79 Å². The van der Waals surface area contributed by atoms with Crippen molar-refractivity contribution in [2.75, 3.05) is 19.7 Å². The monoisotopic (exact) mass is 212 g/mol. The number of ether oxygens (including phenoxy) is 1. The Balaban J connectivity index is 2.06. The Kier molecular flexibility index (Phi) is 2.79. The fraction of sp³-hybridized carbons (Fsp3) is 0.800. The zero-order chi connectivity index (χ0) is 10.8. The Hall–Kier alpha value is -1.26. The summed E-state index contributed by atoms with van der Waals surface area (Å²) in [4.78, 5) is 24.7. The summed E-state index contributed by atoms with van der Waals surface area (Å²) in [5.74, 6) is 0.0529. The molecule has 5 heteroatoms. The average Bonchev–Trinajstić information content (AvgIpc) is 2.61. The van der Waals surface area contributed by atoms with E-state index in [-0.39, 0.29) is 24.0 Å². The molecule has 15 heavy (non-hydrogen) atoms. The number of hydrogen-bond acceptors (Lipinski definition) is 3. The molecule has 0 bridgehead atoms. The lowest BCUT2D eigenvalue weighted by atomic mass is 9.92. The predicted molar refractivity (Wildman–Crippen MR) is 53.2 cm³/mol. The first-order valence-corrected chi connectivity index (χ1v) is 5.45. The highest BCUT2D eigenvalue weighted by Gasteiger charge is 2.43. The summed E-state index contributed by atoms with van der Waals surface area (Å²) in [5.41, 5.74) is 0. The minimum Gasteiger partial charge on any atom is -0.450 e. The largest absolute Gasteiger partial charge is 0.450 e. The Labute approximate surface area is 88.8 Å². The van der Waals surface area contributed by atoms with Gasteiger partial charge < -0.3 is 15.0 Å². The van der Waals surface area contributed by atoms with Crippen molar-refractivity contribution >= 4 is 12.0 Å². The number of rotatable bonds is 1. The lowest BCUT2D eigenvalue weighted by Crippen LogP contribution is -2.48. The first-order chi connectivity index (χ1) is 7.24. The fourth-order valence-corrected chi connectivity index (χ4v) is 2.38. The number of carbonyl (C=O) groups is 2. The van der Waals surface area contributed by atoms with Gasteiger partial charge in [0, 0.05) is 13.1 Å². The minimum absolute atomic E-state index is 0.00491. The van der Waals surface area contributed by atoms with Crippen LogP contribution in [-0.2, 0) is 9.53 Å². The van der Waals surface area contributed by atoms with E-state index in [0.717, 1.165) is 12.8 Å². The van der Waals surface area contributed by atoms with Gasteiger partial charge in [-0.2, -0.15) is 0 Å². The predicted octanol–water partition coefficient (Wildman–Crippen LogP) is 0.353. The van der Waals surface area contributed by atoms with E-state index in [1.165, 1.54) is 0 Å². The molecule has 0 aromatic heterocycles. The Morgan fingerprint density at radius 1 is 1.67 bits per heavy atom. The number of hydrogen-bond donors (Lipinski definition) is 1. The van der Waals surface area contributed by atoms with Gasteiger partial charge in [0.05, 0.1) is 18.6 Å². The van der Waals surface area contributed by atoms with E-state index in [1.54, 1.807) is 11.8 Å². The summed E-state index contributed by atoms with van der Waals surface area (Å²) < 4.78 is 4.97. The molecule has 2 unspecified atom stereocenters. The molecule has 2 fully saturated rings. The summed E-state index contributed by atoms with van der Waals surface area (Å²) in [5, 5.41) is 2.80. The second kappa shape index (κ2) is 4.08. The summed E-state index contributed by atoms with van der Waals surface area (Å²) in [6.45, 7) is 3.45. The Morgan fingerprint density at radius 3 is 3.20 bits per heavy atom. The highest BCUT2D eigenvalue weighted by Crippen LogP contribution is 2.27. The molecular weight excluding hydrogens is 196 g/mol. The molecule has 84 valence electrons. The third kappa shape index (κ3) is 1.78. The zero-order valence-corrected chi connectivity index (χ0v) is 8.86. The van der Waals surface area contributed by atoms with Gasteiger partial charge >= 0.3 is 6.09 Å². The number of amides is 2. The molecule has 5 nitrogen and oxygen atoms in total. The maximum atomic E-state index is 11.6. The Bertz CT molecular complexity index is 280. The van der Waals surface area contributed by atoms with Crippen LogP contribution in [0.4, 0.5) is 4.79 Å². The van der Waals surface area contributed by atoms with Crippen LogP contribution in [-0.4, -0.2) is 42.6 Å². The minimum atomic E-state index is -0.288. The second-order valence-corrected chi connectivity index (χ2v) is 3.95. The summed E-state index contributed by atoms with van der Waals surface area (Å²) in [6, 6.07) is 0.00491. The second-order valence-electron chi connectivity index (χ2n) is 3.95. The number of piperidine rings is 1. The van der Waals surface area contributed by atoms with E-state index in [4.69, 9.17) is 4.74 Å². The molecule has 2 rings (SSSR count). The van der Waals surface area contributed by atoms with Crippen molar-refractivity contribution in [2.24, 2.45) is 5.92 Å². The van der Waals surface area contributed by atoms with E-state index in [2.05, 4.69) is 5.32 Å². The topological polar surface area (TPSA) is 58.6 Å². The highest BCUT2D eigenvalue weighted by molar-refractivity contribution is 5.83. The van der Waals surface area contributed by atoms with Gasteiger partial charge in [-0.3, -0.25) is 4.79 Å². The summed E-state index contributed by atoms with van der Waals surface area (Å²) >= 11 is 0. The van der Waals surface area contributed by atoms with Gasteiger partial charge in [0.1, 0.15) is 0 Å². The van der Waals surface area contributed by atoms with Gasteiger partial charge in [-0.15, -0.1) is 0 Å². The number of likely N-dealkylation sites (tertiary alicyclic amines) is 1. The first-order valence-electron chi connectivity index (χ1n) is 5.45. The van der Waals surface area contributed by atoms with E-state index in [1.807, 2.05) is 0 Å². The van der Waals surface area contributed by atoms with Crippen LogP contribution in [0.5, 0.6) is 0 Å². The van der Waals surface area contributed by atoms with E-state index in [0.29, 0.717) is 19.7 Å². The van der Waals surface area contributed by atoms with Crippen LogP contribution in [0.3, 0.4) is 0 Å². The molecule has 0 saturated carbocycles. The smallest absolute Gasteiger partial charge is 0.410 e. The normalized spacial score (nSPS) is 29.7. The highest BCUT2D eigenvalue weighted by atomic mass is 16.6. The van der Waals surface area contributed by atoms with Gasteiger partial charge in [-0.1, -0.05) is 0 Å². The van der Waals surface area contributed by atoms with Crippen LogP contribution in [0.25, 0.3) is 0 Å². The van der Waals surface area contributed by atoms with E-state index >= 15 is 0 Å². The van der Waals surface area contributed by atoms with Gasteiger partial charge in [0.2, 0.25) is 5.91 Å². The van der Waals surface area contributed by atoms with Crippen LogP contribution in [0.1, 0.15) is 19.8 Å². The van der Waals surface area contributed by atoms with E-state index in [9.17, 15) is 9.59 Å². The molecular formula is C10H16N2O3. The van der Waals surface area contributed by atoms with Crippen molar-refractivity contribution in [1.82, 2.24) is 10.2 Å². The maximum absolute atomic E-state index is 11.6. The third-order valence-corrected chi connectivity index (χ3v) is 3.10. The quantitative estimate of drug-likeness (QED) is 0.682. The number of fused-ring (bicyclic) bond motifs is 1. The van der Waals surface area contributed by atoms with Crippen LogP contribution in [0.15, 0.2) is 0 Å². The van der Waals surface area contributed by atoms with Crippen molar-refractivity contribution in [3.8, 4) is 0 Å². The molecule has 2 heterocycles. The lowest BCUT2D eigenvalue weighted by molar-refractivity contribution is -0.123. The average molecular weight is 212 g/mol. The lowest BCUT2D eigenvalue weighted by Gasteiger charge is -2.34. The van der Waals surface area contributed by atoms with Crippen molar-refractivity contribution < 1.29 is 14.3 Å². The van der Waals surface area contributed by atoms with Crippen molar-refractivity contribution in [1.29, 1.82) is 0 Å². The zero-order valence-electron chi connectivity index (χ0n) is 8.86. The molecule has 2 saturated heterocycles. The molecule has 2 aliphatic rings. The molecule has 0 aliphatic carbocycles. The molecule has 0 aromatic carbocycles. The number of carbonyl (C=O) groups excluding carboxylic acids is 2. The fourth-order valence-electron chi connectivity index (χ4n) is 2.38. The molecule has 0 radical (unpaired) electrons. The standard InChI is InChI=1S/C10H16N2O3/c1-2-15-10(14)12-5-3-4-7-8(12)6-11-9(7)13/h7-8H,2-6H2,1H3,(H,11,13). The first kappa shape index (κ1) is 10.3. The van der Waals surface area contributed by atoms with Crippen molar-refractivity contribution in [3.63, 3.8) is 0 Å². The molecule has 2 amide bonds. The van der Waals surface area contributed by atoms with E-state index < -0.39 is 0 Å². The molecule has 2 atom stereocenters. The molecule has 1 N–H and O–H groups in total. The van der Waals surface area contributed by atoms with Crippen LogP contribution in [0.2, 0.25) is 0 Å². The summed E-state index contributed by atoms with van der Waals surface area (Å²) in [6.07, 6.45) is 1.48. The molecule has 2 aliphatic heterocycles. The van der Waals surface area contributed by atoms with Gasteiger partial charge in [-0.05, 0) is 19.8 Å². The van der Waals surface area contributed by atoms with Crippen molar-refractivity contribution in [2.45, 2.75) is 25.8 Å². The number of nitrogens with zero attached hydrogens (tertiary/aromatic N) is 1. The van der Waals surface area contributed by atoms with Crippen LogP contribution < -0.4 is 5.32 Å². The van der Waals surface area contributed by atoms with Crippen LogP contribution >= 0.6 is 0 Å². The third-order valence-electron chi connectivity index (χ3n) is 3.10. The number of nitrogens with one attached hydrogen (secondary N) is 1. The van der Waals surface area contributed by atoms with Gasteiger partial charge in [0.15, 0.2) is 0 Å². The van der Waals surface area contributed by atoms with Crippen molar-refractivity contribution in [3.05, 3.63) is 0 Å².